The van der Waals surface area contributed by atoms with Crippen LogP contribution in [-0.2, 0) is 21.7 Å². The molecule has 0 fully saturated rings. The van der Waals surface area contributed by atoms with Crippen molar-refractivity contribution in [2.45, 2.75) is 27.2 Å². The summed E-state index contributed by atoms with van der Waals surface area (Å²) in [5.74, 6) is 0.322. The Labute approximate surface area is 137 Å². The molecule has 0 aliphatic heterocycles. The maximum Gasteiger partial charge on any atom is 0.115 e. The molecule has 100 valence electrons. The molecule has 4 heteroatoms. The maximum atomic E-state index is 8.63. The van der Waals surface area contributed by atoms with Gasteiger partial charge in [-0.2, -0.15) is 11.1 Å². The average Bonchev–Trinajstić information content (AvgIpc) is 2.52. The van der Waals surface area contributed by atoms with Gasteiger partial charge in [-0.15, -0.1) is 38.2 Å². The summed E-state index contributed by atoms with van der Waals surface area (Å²) in [4.78, 5) is 0. The number of phenols is 1. The molecule has 0 spiro atoms. The van der Waals surface area contributed by atoms with Crippen molar-refractivity contribution >= 4 is 24.8 Å². The van der Waals surface area contributed by atoms with Crippen LogP contribution < -0.4 is 0 Å². The minimum atomic E-state index is 0. The Hall–Kier alpha value is -0.206. The van der Waals surface area contributed by atoms with Crippen LogP contribution >= 0.6 is 24.8 Å². The molecule has 0 heterocycles. The van der Waals surface area contributed by atoms with Crippen LogP contribution in [0.2, 0.25) is 0 Å². The fraction of sp³-hybridized carbons (Fsp3) is 0.286. The van der Waals surface area contributed by atoms with E-state index in [1.54, 1.807) is 24.3 Å². The van der Waals surface area contributed by atoms with Gasteiger partial charge in [-0.05, 0) is 12.1 Å². The van der Waals surface area contributed by atoms with Crippen LogP contribution in [0.15, 0.2) is 47.1 Å². The van der Waals surface area contributed by atoms with Crippen LogP contribution in [0.4, 0.5) is 0 Å². The van der Waals surface area contributed by atoms with Gasteiger partial charge in [0.05, 0.1) is 0 Å². The predicted octanol–water partition coefficient (Wildman–Crippen LogP) is 4.71. The number of benzene rings is 1. The Balaban J connectivity index is -0.000000215. The molecule has 1 aliphatic rings. The molecule has 0 aromatic heterocycles. The molecule has 2 rings (SSSR count). The van der Waals surface area contributed by atoms with E-state index in [0.717, 1.165) is 6.42 Å². The van der Waals surface area contributed by atoms with Gasteiger partial charge in [0.15, 0.2) is 0 Å². The van der Waals surface area contributed by atoms with Crippen molar-refractivity contribution in [3.8, 4) is 5.75 Å². The van der Waals surface area contributed by atoms with E-state index < -0.39 is 0 Å². The van der Waals surface area contributed by atoms with Crippen molar-refractivity contribution in [1.82, 2.24) is 0 Å². The summed E-state index contributed by atoms with van der Waals surface area (Å²) in [6.45, 7) is 6.44. The molecule has 1 aromatic carbocycles. The van der Waals surface area contributed by atoms with Crippen LogP contribution in [0.3, 0.4) is 0 Å². The second kappa shape index (κ2) is 11.9. The van der Waals surface area contributed by atoms with Gasteiger partial charge in [0, 0.05) is 21.7 Å². The largest absolute Gasteiger partial charge is 0.508 e. The predicted molar refractivity (Wildman–Crippen MR) is 78.0 cm³/mol. The summed E-state index contributed by atoms with van der Waals surface area (Å²) in [5, 5.41) is 8.63. The van der Waals surface area contributed by atoms with E-state index in [1.807, 2.05) is 6.07 Å². The van der Waals surface area contributed by atoms with Crippen LogP contribution in [0.5, 0.6) is 5.75 Å². The third kappa shape index (κ3) is 7.99. The molecular weight excluding hydrogens is 303 g/mol. The van der Waals surface area contributed by atoms with Crippen LogP contribution in [-0.4, -0.2) is 5.11 Å². The summed E-state index contributed by atoms with van der Waals surface area (Å²) in [6, 6.07) is 8.71. The zero-order valence-corrected chi connectivity index (χ0v) is 14.1. The van der Waals surface area contributed by atoms with E-state index >= 15 is 0 Å². The van der Waals surface area contributed by atoms with E-state index in [0.29, 0.717) is 5.75 Å². The van der Waals surface area contributed by atoms with E-state index in [1.165, 1.54) is 16.7 Å². The number of phenolic OH excluding ortho intramolecular Hbond substituents is 1. The van der Waals surface area contributed by atoms with E-state index in [9.17, 15) is 0 Å². The Morgan fingerprint density at radius 3 is 1.67 bits per heavy atom. The summed E-state index contributed by atoms with van der Waals surface area (Å²) in [5.41, 5.74) is 4.25. The first kappa shape index (κ1) is 22.9. The standard InChI is InChI=1S/C8H11.C6H6O.2ClH.Ti/c1-6-4-5-7(2)8(6)3;7-6-4-2-1-3-5-6;;;/h4H2,1-3H3;1-5,7H;2*1H;/q-1;;;;. The third-order valence-electron chi connectivity index (χ3n) is 2.58. The van der Waals surface area contributed by atoms with Gasteiger partial charge in [-0.25, -0.2) is 5.57 Å². The fourth-order valence-corrected chi connectivity index (χ4v) is 1.28. The fourth-order valence-electron chi connectivity index (χ4n) is 1.28. The number of halogens is 2. The second-order valence-electron chi connectivity index (χ2n) is 3.72. The maximum absolute atomic E-state index is 8.63. The second-order valence-corrected chi connectivity index (χ2v) is 3.72. The molecular formula is C14H19Cl2OTi-. The van der Waals surface area contributed by atoms with Crippen LogP contribution in [0.1, 0.15) is 27.2 Å². The number of aromatic hydroxyl groups is 1. The van der Waals surface area contributed by atoms with Crippen molar-refractivity contribution in [1.29, 1.82) is 0 Å². The van der Waals surface area contributed by atoms with Gasteiger partial charge in [-0.1, -0.05) is 32.0 Å². The molecule has 18 heavy (non-hydrogen) atoms. The minimum Gasteiger partial charge on any atom is -0.508 e. The van der Waals surface area contributed by atoms with Gasteiger partial charge in [0.2, 0.25) is 0 Å². The van der Waals surface area contributed by atoms with Gasteiger partial charge >= 0.3 is 0 Å². The molecule has 0 saturated heterocycles. The summed E-state index contributed by atoms with van der Waals surface area (Å²) in [7, 11) is 0. The van der Waals surface area contributed by atoms with Crippen molar-refractivity contribution in [2.75, 3.05) is 0 Å². The first-order chi connectivity index (χ1) is 7.11. The molecule has 0 amide bonds. The normalized spacial score (nSPS) is 12.1. The van der Waals surface area contributed by atoms with Crippen LogP contribution in [0.25, 0.3) is 0 Å². The summed E-state index contributed by atoms with van der Waals surface area (Å²) < 4.78 is 0. The van der Waals surface area contributed by atoms with Crippen molar-refractivity contribution < 1.29 is 26.8 Å². The Bertz CT molecular complexity index is 381. The molecule has 0 bridgehead atoms. The Morgan fingerprint density at radius 1 is 1.00 bits per heavy atom. The molecule has 0 radical (unpaired) electrons. The van der Waals surface area contributed by atoms with Gasteiger partial charge in [0.1, 0.15) is 5.75 Å². The summed E-state index contributed by atoms with van der Waals surface area (Å²) >= 11 is 0. The van der Waals surface area contributed by atoms with E-state index in [2.05, 4.69) is 26.8 Å². The van der Waals surface area contributed by atoms with Crippen molar-refractivity contribution in [3.63, 3.8) is 0 Å². The zero-order valence-electron chi connectivity index (χ0n) is 10.9. The molecule has 0 unspecified atom stereocenters. The number of hydrogen-bond donors (Lipinski definition) is 1. The number of rotatable bonds is 0. The molecule has 0 saturated carbocycles. The van der Waals surface area contributed by atoms with Gasteiger partial charge in [0.25, 0.3) is 0 Å². The van der Waals surface area contributed by atoms with Crippen molar-refractivity contribution in [2.24, 2.45) is 0 Å². The number of allylic oxidation sites excluding steroid dienone is 4. The monoisotopic (exact) mass is 321 g/mol. The number of para-hydroxylation sites is 1. The molecule has 0 atom stereocenters. The quantitative estimate of drug-likeness (QED) is 0.542. The molecule has 1 N–H and O–H groups in total. The first-order valence-electron chi connectivity index (χ1n) is 5.09. The summed E-state index contributed by atoms with van der Waals surface area (Å²) in [6.07, 6.45) is 4.31. The molecule has 1 aromatic rings. The minimum absolute atomic E-state index is 0. The van der Waals surface area contributed by atoms with Crippen molar-refractivity contribution in [3.05, 3.63) is 53.1 Å². The van der Waals surface area contributed by atoms with Crippen LogP contribution in [0, 0.1) is 6.08 Å². The SMILES string of the molecule is CC1=[C-]CC(C)=C1C.Cl.Cl.Oc1ccccc1.[Ti]. The van der Waals surface area contributed by atoms with E-state index in [4.69, 9.17) is 5.11 Å². The topological polar surface area (TPSA) is 20.2 Å². The first-order valence-corrected chi connectivity index (χ1v) is 5.09. The molecule has 1 nitrogen and oxygen atoms in total. The smallest absolute Gasteiger partial charge is 0.115 e. The van der Waals surface area contributed by atoms with E-state index in [-0.39, 0.29) is 46.5 Å². The van der Waals surface area contributed by atoms with Gasteiger partial charge < -0.3 is 5.11 Å². The third-order valence-corrected chi connectivity index (χ3v) is 2.58. The average molecular weight is 322 g/mol. The van der Waals surface area contributed by atoms with Gasteiger partial charge in [-0.3, -0.25) is 6.08 Å². The Morgan fingerprint density at radius 2 is 1.50 bits per heavy atom. The Kier molecular flexibility index (Phi) is 15.1. The zero-order chi connectivity index (χ0) is 11.3. The molecule has 1 aliphatic carbocycles. The number of hydrogen-bond acceptors (Lipinski definition) is 1.